The van der Waals surface area contributed by atoms with Gasteiger partial charge < -0.3 is 4.90 Å². The number of rotatable bonds is 3. The summed E-state index contributed by atoms with van der Waals surface area (Å²) in [4.78, 5) is 14.3. The van der Waals surface area contributed by atoms with E-state index in [1.807, 2.05) is 0 Å². The van der Waals surface area contributed by atoms with Crippen LogP contribution >= 0.6 is 0 Å². The molecule has 0 radical (unpaired) electrons. The predicted molar refractivity (Wildman–Crippen MR) is 63.6 cm³/mol. The highest BCUT2D eigenvalue weighted by Crippen LogP contribution is 2.23. The van der Waals surface area contributed by atoms with Crippen molar-refractivity contribution < 1.29 is 4.79 Å². The van der Waals surface area contributed by atoms with Gasteiger partial charge in [0.25, 0.3) is 0 Å². The molecule has 0 aliphatic carbocycles. The second-order valence-corrected chi connectivity index (χ2v) is 5.20. The van der Waals surface area contributed by atoms with Gasteiger partial charge in [0.15, 0.2) is 0 Å². The summed E-state index contributed by atoms with van der Waals surface area (Å²) in [5.41, 5.74) is 0. The highest BCUT2D eigenvalue weighted by Gasteiger charge is 2.28. The molecule has 1 fully saturated rings. The lowest BCUT2D eigenvalue weighted by atomic mass is 9.90. The maximum atomic E-state index is 12.2. The van der Waals surface area contributed by atoms with E-state index in [4.69, 9.17) is 0 Å². The van der Waals surface area contributed by atoms with Gasteiger partial charge in [0.1, 0.15) is 0 Å². The summed E-state index contributed by atoms with van der Waals surface area (Å²) in [6.07, 6.45) is 3.23. The molecule has 0 aromatic rings. The van der Waals surface area contributed by atoms with Crippen LogP contribution in [0.25, 0.3) is 0 Å². The van der Waals surface area contributed by atoms with Crippen LogP contribution in [0.4, 0.5) is 0 Å². The average molecular weight is 211 g/mol. The van der Waals surface area contributed by atoms with Crippen molar-refractivity contribution in [1.29, 1.82) is 0 Å². The molecule has 0 N–H and O–H groups in total. The lowest BCUT2D eigenvalue weighted by Gasteiger charge is -2.36. The lowest BCUT2D eigenvalue weighted by Crippen LogP contribution is -2.45. The second-order valence-electron chi connectivity index (χ2n) is 5.20. The zero-order chi connectivity index (χ0) is 11.4. The standard InChI is InChI=1S/C13H25NO/c1-5-12(6-2)13(15)14-8-10(3)7-11(4)9-14/h10-12H,5-9H2,1-4H3. The predicted octanol–water partition coefficient (Wildman–Crippen LogP) is 2.93. The first-order valence-electron chi connectivity index (χ1n) is 6.37. The summed E-state index contributed by atoms with van der Waals surface area (Å²) in [5, 5.41) is 0. The van der Waals surface area contributed by atoms with E-state index in [1.165, 1.54) is 6.42 Å². The van der Waals surface area contributed by atoms with Crippen LogP contribution in [0, 0.1) is 17.8 Å². The van der Waals surface area contributed by atoms with E-state index >= 15 is 0 Å². The molecular formula is C13H25NO. The number of hydrogen-bond donors (Lipinski definition) is 0. The van der Waals surface area contributed by atoms with Crippen LogP contribution < -0.4 is 0 Å². The molecule has 0 bridgehead atoms. The molecule has 0 saturated carbocycles. The Hall–Kier alpha value is -0.530. The summed E-state index contributed by atoms with van der Waals surface area (Å²) in [6, 6.07) is 0. The first kappa shape index (κ1) is 12.5. The summed E-state index contributed by atoms with van der Waals surface area (Å²) in [6.45, 7) is 10.7. The normalized spacial score (nSPS) is 27.1. The van der Waals surface area contributed by atoms with Crippen molar-refractivity contribution in [2.45, 2.75) is 47.0 Å². The Morgan fingerprint density at radius 3 is 2.07 bits per heavy atom. The van der Waals surface area contributed by atoms with E-state index < -0.39 is 0 Å². The smallest absolute Gasteiger partial charge is 0.225 e. The summed E-state index contributed by atoms with van der Waals surface area (Å²) in [5.74, 6) is 1.99. The molecule has 1 aliphatic heterocycles. The molecule has 88 valence electrons. The van der Waals surface area contributed by atoms with E-state index in [0.29, 0.717) is 17.7 Å². The fraction of sp³-hybridized carbons (Fsp3) is 0.923. The van der Waals surface area contributed by atoms with Gasteiger partial charge in [0.05, 0.1) is 0 Å². The minimum absolute atomic E-state index is 0.252. The number of amides is 1. The van der Waals surface area contributed by atoms with Crippen molar-refractivity contribution in [3.63, 3.8) is 0 Å². The lowest BCUT2D eigenvalue weighted by molar-refractivity contribution is -0.138. The Balaban J connectivity index is 2.58. The number of likely N-dealkylation sites (tertiary alicyclic amines) is 1. The molecule has 2 heteroatoms. The second kappa shape index (κ2) is 5.53. The van der Waals surface area contributed by atoms with Gasteiger partial charge >= 0.3 is 0 Å². The van der Waals surface area contributed by atoms with Gasteiger partial charge in [-0.3, -0.25) is 4.79 Å². The molecule has 1 rings (SSSR count). The third-order valence-electron chi connectivity index (χ3n) is 3.52. The Morgan fingerprint density at radius 2 is 1.67 bits per heavy atom. The average Bonchev–Trinajstić information content (AvgIpc) is 2.18. The molecule has 0 spiro atoms. The van der Waals surface area contributed by atoms with Crippen LogP contribution in [0.3, 0.4) is 0 Å². The van der Waals surface area contributed by atoms with Gasteiger partial charge in [-0.1, -0.05) is 27.7 Å². The molecule has 2 atom stereocenters. The van der Waals surface area contributed by atoms with E-state index in [2.05, 4.69) is 32.6 Å². The minimum Gasteiger partial charge on any atom is -0.342 e. The highest BCUT2D eigenvalue weighted by atomic mass is 16.2. The SMILES string of the molecule is CCC(CC)C(=O)N1CC(C)CC(C)C1. The van der Waals surface area contributed by atoms with Crippen molar-refractivity contribution in [1.82, 2.24) is 4.90 Å². The molecule has 2 nitrogen and oxygen atoms in total. The topological polar surface area (TPSA) is 20.3 Å². The highest BCUT2D eigenvalue weighted by molar-refractivity contribution is 5.78. The fourth-order valence-corrected chi connectivity index (χ4v) is 2.74. The molecule has 1 amide bonds. The first-order valence-corrected chi connectivity index (χ1v) is 6.37. The van der Waals surface area contributed by atoms with Crippen LogP contribution in [0.2, 0.25) is 0 Å². The van der Waals surface area contributed by atoms with Crippen molar-refractivity contribution in [2.75, 3.05) is 13.1 Å². The fourth-order valence-electron chi connectivity index (χ4n) is 2.74. The zero-order valence-electron chi connectivity index (χ0n) is 10.6. The van der Waals surface area contributed by atoms with Crippen LogP contribution in [-0.2, 0) is 4.79 Å². The van der Waals surface area contributed by atoms with Crippen LogP contribution in [0.1, 0.15) is 47.0 Å². The Labute approximate surface area is 94.0 Å². The molecule has 1 heterocycles. The number of carbonyl (C=O) groups excluding carboxylic acids is 1. The van der Waals surface area contributed by atoms with Crippen molar-refractivity contribution in [2.24, 2.45) is 17.8 Å². The Kier molecular flexibility index (Phi) is 4.62. The molecule has 2 unspecified atom stereocenters. The number of hydrogen-bond acceptors (Lipinski definition) is 1. The summed E-state index contributed by atoms with van der Waals surface area (Å²) in [7, 11) is 0. The monoisotopic (exact) mass is 211 g/mol. The number of carbonyl (C=O) groups is 1. The third kappa shape index (κ3) is 3.22. The molecule has 0 aromatic carbocycles. The van der Waals surface area contributed by atoms with Crippen molar-refractivity contribution in [3.05, 3.63) is 0 Å². The maximum Gasteiger partial charge on any atom is 0.225 e. The van der Waals surface area contributed by atoms with Gasteiger partial charge in [0.2, 0.25) is 5.91 Å². The van der Waals surface area contributed by atoms with Gasteiger partial charge in [-0.25, -0.2) is 0 Å². The summed E-state index contributed by atoms with van der Waals surface area (Å²) < 4.78 is 0. The van der Waals surface area contributed by atoms with Crippen LogP contribution in [-0.4, -0.2) is 23.9 Å². The first-order chi connectivity index (χ1) is 7.08. The quantitative estimate of drug-likeness (QED) is 0.703. The van der Waals surface area contributed by atoms with Crippen LogP contribution in [0.15, 0.2) is 0 Å². The number of nitrogens with zero attached hydrogens (tertiary/aromatic N) is 1. The molecular weight excluding hydrogens is 186 g/mol. The van der Waals surface area contributed by atoms with Gasteiger partial charge in [-0.05, 0) is 31.1 Å². The van der Waals surface area contributed by atoms with Gasteiger partial charge in [-0.2, -0.15) is 0 Å². The maximum absolute atomic E-state index is 12.2. The van der Waals surface area contributed by atoms with Gasteiger partial charge in [-0.15, -0.1) is 0 Å². The van der Waals surface area contributed by atoms with Gasteiger partial charge in [0, 0.05) is 19.0 Å². The van der Waals surface area contributed by atoms with E-state index in [9.17, 15) is 4.79 Å². The van der Waals surface area contributed by atoms with E-state index in [-0.39, 0.29) is 5.92 Å². The molecule has 15 heavy (non-hydrogen) atoms. The molecule has 0 aromatic heterocycles. The van der Waals surface area contributed by atoms with E-state index in [0.717, 1.165) is 25.9 Å². The van der Waals surface area contributed by atoms with Crippen LogP contribution in [0.5, 0.6) is 0 Å². The zero-order valence-corrected chi connectivity index (χ0v) is 10.6. The van der Waals surface area contributed by atoms with E-state index in [1.54, 1.807) is 0 Å². The molecule has 1 saturated heterocycles. The third-order valence-corrected chi connectivity index (χ3v) is 3.52. The number of piperidine rings is 1. The largest absolute Gasteiger partial charge is 0.342 e. The Bertz CT molecular complexity index is 201. The molecule has 1 aliphatic rings. The summed E-state index contributed by atoms with van der Waals surface area (Å²) >= 11 is 0. The van der Waals surface area contributed by atoms with Crippen molar-refractivity contribution >= 4 is 5.91 Å². The Morgan fingerprint density at radius 1 is 1.20 bits per heavy atom. The minimum atomic E-state index is 0.252. The van der Waals surface area contributed by atoms with Crippen molar-refractivity contribution in [3.8, 4) is 0 Å².